The predicted octanol–water partition coefficient (Wildman–Crippen LogP) is 1.93. The summed E-state index contributed by atoms with van der Waals surface area (Å²) in [6.45, 7) is 5.55. The van der Waals surface area contributed by atoms with Gasteiger partial charge in [0.05, 0.1) is 11.9 Å². The highest BCUT2D eigenvalue weighted by Crippen LogP contribution is 2.10. The van der Waals surface area contributed by atoms with E-state index < -0.39 is 10.1 Å². The van der Waals surface area contributed by atoms with E-state index in [0.29, 0.717) is 0 Å². The van der Waals surface area contributed by atoms with E-state index in [9.17, 15) is 8.42 Å². The Morgan fingerprint density at radius 2 is 1.83 bits per heavy atom. The number of hydrogen-bond acceptors (Lipinski definition) is 3. The fourth-order valence-electron chi connectivity index (χ4n) is 0.918. The van der Waals surface area contributed by atoms with Crippen LogP contribution >= 0.6 is 0 Å². The topological polar surface area (TPSA) is 43.4 Å². The molecule has 0 heterocycles. The third kappa shape index (κ3) is 4.72. The van der Waals surface area contributed by atoms with Gasteiger partial charge in [0.15, 0.2) is 0 Å². The summed E-state index contributed by atoms with van der Waals surface area (Å²) < 4.78 is 27.0. The van der Waals surface area contributed by atoms with Crippen LogP contribution in [-0.2, 0) is 14.3 Å². The summed E-state index contributed by atoms with van der Waals surface area (Å²) in [5.74, 6) is 0.0627. The third-order valence-electron chi connectivity index (χ3n) is 1.70. The Kier molecular flexibility index (Phi) is 5.50. The summed E-state index contributed by atoms with van der Waals surface area (Å²) in [5.41, 5.74) is 0. The van der Waals surface area contributed by atoms with E-state index in [1.165, 1.54) is 0 Å². The van der Waals surface area contributed by atoms with Crippen molar-refractivity contribution in [1.82, 2.24) is 0 Å². The highest BCUT2D eigenvalue weighted by Gasteiger charge is 2.14. The fourth-order valence-corrected chi connectivity index (χ4v) is 1.70. The van der Waals surface area contributed by atoms with Crippen LogP contribution in [0.1, 0.15) is 40.0 Å². The summed E-state index contributed by atoms with van der Waals surface area (Å²) in [5, 5.41) is 0. The second kappa shape index (κ2) is 5.54. The summed E-state index contributed by atoms with van der Waals surface area (Å²) in [6.07, 6.45) is 2.40. The molecule has 0 aromatic heterocycles. The lowest BCUT2D eigenvalue weighted by Crippen LogP contribution is -2.18. The maximum absolute atomic E-state index is 11.0. The average Bonchev–Trinajstić information content (AvgIpc) is 2.03. The van der Waals surface area contributed by atoms with E-state index in [0.717, 1.165) is 19.3 Å². The Morgan fingerprint density at radius 3 is 2.17 bits per heavy atom. The predicted molar refractivity (Wildman–Crippen MR) is 49.5 cm³/mol. The highest BCUT2D eigenvalue weighted by molar-refractivity contribution is 7.86. The first kappa shape index (κ1) is 11.9. The lowest BCUT2D eigenvalue weighted by Gasteiger charge is -2.13. The number of hydrogen-bond donors (Lipinski definition) is 0. The van der Waals surface area contributed by atoms with Gasteiger partial charge >= 0.3 is 0 Å². The van der Waals surface area contributed by atoms with Crippen LogP contribution in [-0.4, -0.2) is 20.3 Å². The molecule has 4 heteroatoms. The van der Waals surface area contributed by atoms with Gasteiger partial charge in [0.2, 0.25) is 0 Å². The van der Waals surface area contributed by atoms with Crippen LogP contribution in [0.25, 0.3) is 0 Å². The van der Waals surface area contributed by atoms with E-state index in [2.05, 4.69) is 0 Å². The van der Waals surface area contributed by atoms with Crippen LogP contribution in [0.5, 0.6) is 0 Å². The second-order valence-corrected chi connectivity index (χ2v) is 4.65. The van der Waals surface area contributed by atoms with Crippen molar-refractivity contribution in [2.24, 2.45) is 0 Å². The summed E-state index contributed by atoms with van der Waals surface area (Å²) in [4.78, 5) is 0. The molecule has 1 unspecified atom stereocenters. The minimum Gasteiger partial charge on any atom is -0.267 e. The molecule has 0 aliphatic heterocycles. The summed E-state index contributed by atoms with van der Waals surface area (Å²) in [7, 11) is -3.25. The zero-order chi connectivity index (χ0) is 9.61. The van der Waals surface area contributed by atoms with Crippen molar-refractivity contribution in [3.63, 3.8) is 0 Å². The van der Waals surface area contributed by atoms with Crippen molar-refractivity contribution in [3.8, 4) is 0 Å². The van der Waals surface area contributed by atoms with Crippen molar-refractivity contribution in [2.45, 2.75) is 46.1 Å². The van der Waals surface area contributed by atoms with Crippen molar-refractivity contribution >= 4 is 10.1 Å². The van der Waals surface area contributed by atoms with Crippen molar-refractivity contribution in [2.75, 3.05) is 5.75 Å². The molecule has 0 radical (unpaired) electrons. The van der Waals surface area contributed by atoms with Gasteiger partial charge in [-0.1, -0.05) is 20.3 Å². The van der Waals surface area contributed by atoms with Gasteiger partial charge in [-0.05, 0) is 19.8 Å². The van der Waals surface area contributed by atoms with Crippen molar-refractivity contribution in [1.29, 1.82) is 0 Å². The molecule has 1 atom stereocenters. The van der Waals surface area contributed by atoms with Gasteiger partial charge < -0.3 is 0 Å². The highest BCUT2D eigenvalue weighted by atomic mass is 32.2. The molecule has 0 bridgehead atoms. The van der Waals surface area contributed by atoms with Gasteiger partial charge in [0, 0.05) is 0 Å². The molecule has 0 aromatic carbocycles. The molecule has 12 heavy (non-hydrogen) atoms. The Bertz CT molecular complexity index is 196. The largest absolute Gasteiger partial charge is 0.267 e. The normalized spacial score (nSPS) is 14.6. The molecule has 0 aliphatic carbocycles. The molecule has 0 fully saturated rings. The third-order valence-corrected chi connectivity index (χ3v) is 2.97. The molecule has 0 amide bonds. The Morgan fingerprint density at radius 1 is 1.25 bits per heavy atom. The maximum atomic E-state index is 11.0. The molecular formula is C8H18O3S. The zero-order valence-corrected chi connectivity index (χ0v) is 8.86. The van der Waals surface area contributed by atoms with Gasteiger partial charge in [0.1, 0.15) is 0 Å². The molecule has 3 nitrogen and oxygen atoms in total. The Hall–Kier alpha value is -0.0900. The monoisotopic (exact) mass is 194 g/mol. The SMILES string of the molecule is CCCC(CC)OS(=O)(=O)CC. The minimum atomic E-state index is -3.25. The molecule has 0 saturated carbocycles. The summed E-state index contributed by atoms with van der Waals surface area (Å²) in [6, 6.07) is 0. The van der Waals surface area contributed by atoms with E-state index in [-0.39, 0.29) is 11.9 Å². The Balaban J connectivity index is 4.02. The van der Waals surface area contributed by atoms with Crippen LogP contribution in [0.4, 0.5) is 0 Å². The molecule has 0 aliphatic rings. The molecule has 74 valence electrons. The van der Waals surface area contributed by atoms with Crippen LogP contribution in [0, 0.1) is 0 Å². The Labute approximate surface area is 75.2 Å². The first-order valence-electron chi connectivity index (χ1n) is 4.46. The molecule has 0 aromatic rings. The molecule has 0 rings (SSSR count). The lowest BCUT2D eigenvalue weighted by molar-refractivity contribution is 0.194. The quantitative estimate of drug-likeness (QED) is 0.607. The minimum absolute atomic E-state index is 0.0627. The molecular weight excluding hydrogens is 176 g/mol. The van der Waals surface area contributed by atoms with E-state index in [1.807, 2.05) is 13.8 Å². The summed E-state index contributed by atoms with van der Waals surface area (Å²) >= 11 is 0. The van der Waals surface area contributed by atoms with Crippen LogP contribution < -0.4 is 0 Å². The number of rotatable bonds is 6. The van der Waals surface area contributed by atoms with E-state index >= 15 is 0 Å². The van der Waals surface area contributed by atoms with Crippen molar-refractivity contribution in [3.05, 3.63) is 0 Å². The van der Waals surface area contributed by atoms with Crippen molar-refractivity contribution < 1.29 is 12.6 Å². The lowest BCUT2D eigenvalue weighted by atomic mass is 10.2. The van der Waals surface area contributed by atoms with E-state index in [4.69, 9.17) is 4.18 Å². The first-order valence-corrected chi connectivity index (χ1v) is 6.04. The van der Waals surface area contributed by atoms with E-state index in [1.54, 1.807) is 6.92 Å². The van der Waals surface area contributed by atoms with Gasteiger partial charge in [-0.15, -0.1) is 0 Å². The first-order chi connectivity index (χ1) is 5.55. The standard InChI is InChI=1S/C8H18O3S/c1-4-7-8(5-2)11-12(9,10)6-3/h8H,4-7H2,1-3H3. The molecule has 0 N–H and O–H groups in total. The van der Waals surface area contributed by atoms with Crippen LogP contribution in [0.2, 0.25) is 0 Å². The second-order valence-electron chi connectivity index (χ2n) is 2.76. The smallest absolute Gasteiger partial charge is 0.267 e. The fraction of sp³-hybridized carbons (Fsp3) is 1.00. The maximum Gasteiger partial charge on any atom is 0.267 e. The van der Waals surface area contributed by atoms with Crippen LogP contribution in [0.3, 0.4) is 0 Å². The van der Waals surface area contributed by atoms with Gasteiger partial charge in [0.25, 0.3) is 10.1 Å². The van der Waals surface area contributed by atoms with Gasteiger partial charge in [-0.25, -0.2) is 0 Å². The van der Waals surface area contributed by atoms with Gasteiger partial charge in [-0.2, -0.15) is 8.42 Å². The van der Waals surface area contributed by atoms with Crippen LogP contribution in [0.15, 0.2) is 0 Å². The zero-order valence-electron chi connectivity index (χ0n) is 8.04. The molecule has 0 spiro atoms. The molecule has 0 saturated heterocycles. The van der Waals surface area contributed by atoms with Gasteiger partial charge in [-0.3, -0.25) is 4.18 Å². The average molecular weight is 194 g/mol.